The molecule has 0 radical (unpaired) electrons. The Balaban J connectivity index is 1.78. The van der Waals surface area contributed by atoms with Crippen LogP contribution in [0.5, 0.6) is 0 Å². The molecule has 1 aliphatic heterocycles. The highest BCUT2D eigenvalue weighted by atomic mass is 16.2. The van der Waals surface area contributed by atoms with Crippen molar-refractivity contribution in [3.63, 3.8) is 0 Å². The van der Waals surface area contributed by atoms with E-state index in [0.717, 1.165) is 23.1 Å². The van der Waals surface area contributed by atoms with Gasteiger partial charge in [0.05, 0.1) is 6.04 Å². The van der Waals surface area contributed by atoms with E-state index in [1.165, 1.54) is 5.57 Å². The molecule has 0 spiro atoms. The summed E-state index contributed by atoms with van der Waals surface area (Å²) in [6.07, 6.45) is 7.30. The summed E-state index contributed by atoms with van der Waals surface area (Å²) in [7, 11) is 0. The summed E-state index contributed by atoms with van der Waals surface area (Å²) in [6.45, 7) is 11.6. The van der Waals surface area contributed by atoms with E-state index >= 15 is 0 Å². The highest BCUT2D eigenvalue weighted by molar-refractivity contribution is 5.88. The number of allylic oxidation sites excluding steroid dienone is 3. The Hall–Kier alpha value is -3.60. The largest absolute Gasteiger partial charge is 0.337 e. The Morgan fingerprint density at radius 2 is 1.66 bits per heavy atom. The molecule has 1 unspecified atom stereocenters. The predicted molar refractivity (Wildman–Crippen MR) is 143 cm³/mol. The van der Waals surface area contributed by atoms with Gasteiger partial charge in [0.25, 0.3) is 0 Å². The minimum Gasteiger partial charge on any atom is -0.337 e. The fraction of sp³-hybridized carbons (Fsp3) is 0.333. The zero-order chi connectivity index (χ0) is 25.2. The molecule has 1 aliphatic rings. The number of urea groups is 1. The van der Waals surface area contributed by atoms with Gasteiger partial charge in [0.15, 0.2) is 0 Å². The average Bonchev–Trinajstić information content (AvgIpc) is 3.38. The zero-order valence-electron chi connectivity index (χ0n) is 21.1. The van der Waals surface area contributed by atoms with E-state index in [1.54, 1.807) is 11.0 Å². The van der Waals surface area contributed by atoms with Crippen LogP contribution in [-0.2, 0) is 4.79 Å². The van der Waals surface area contributed by atoms with Crippen LogP contribution in [0.4, 0.5) is 4.79 Å². The molecule has 35 heavy (non-hydrogen) atoms. The van der Waals surface area contributed by atoms with Crippen molar-refractivity contribution >= 4 is 11.9 Å². The van der Waals surface area contributed by atoms with Gasteiger partial charge in [-0.05, 0) is 50.3 Å². The third-order valence-corrected chi connectivity index (χ3v) is 6.29. The molecule has 3 rings (SSSR count). The Bertz CT molecular complexity index is 1020. The van der Waals surface area contributed by atoms with Crippen molar-refractivity contribution in [3.8, 4) is 0 Å². The number of hydrogen-bond acceptors (Lipinski definition) is 2. The molecule has 5 heteroatoms. The van der Waals surface area contributed by atoms with Gasteiger partial charge in [-0.15, -0.1) is 0 Å². The number of carbonyl (C=O) groups excluding carboxylic acids is 2. The SMILES string of the molecule is C=C/C(=C\C=C(C)C)CN(CC)C(=O)C1CCCN1C(=O)NC(c1ccccc1)c1ccccc1. The second kappa shape index (κ2) is 12.7. The van der Waals surface area contributed by atoms with E-state index in [1.807, 2.05) is 98.5 Å². The molecular weight excluding hydrogens is 434 g/mol. The molecular formula is C30H37N3O2. The van der Waals surface area contributed by atoms with Crippen molar-refractivity contribution in [2.45, 2.75) is 45.7 Å². The third-order valence-electron chi connectivity index (χ3n) is 6.29. The lowest BCUT2D eigenvalue weighted by molar-refractivity contribution is -0.134. The molecule has 1 heterocycles. The Morgan fingerprint density at radius 1 is 1.06 bits per heavy atom. The lowest BCUT2D eigenvalue weighted by Crippen LogP contribution is -2.51. The first-order valence-corrected chi connectivity index (χ1v) is 12.4. The lowest BCUT2D eigenvalue weighted by Gasteiger charge is -2.31. The normalized spacial score (nSPS) is 15.6. The summed E-state index contributed by atoms with van der Waals surface area (Å²) in [5.41, 5.74) is 4.17. The predicted octanol–water partition coefficient (Wildman–Crippen LogP) is 5.88. The van der Waals surface area contributed by atoms with E-state index in [0.29, 0.717) is 26.1 Å². The molecule has 5 nitrogen and oxygen atoms in total. The van der Waals surface area contributed by atoms with Crippen molar-refractivity contribution in [2.75, 3.05) is 19.6 Å². The Morgan fingerprint density at radius 3 is 2.17 bits per heavy atom. The average molecular weight is 472 g/mol. The van der Waals surface area contributed by atoms with Gasteiger partial charge in [-0.2, -0.15) is 0 Å². The number of nitrogens with zero attached hydrogens (tertiary/aromatic N) is 2. The Kier molecular flexibility index (Phi) is 9.47. The first-order chi connectivity index (χ1) is 16.9. The number of likely N-dealkylation sites (N-methyl/N-ethyl adjacent to an activating group) is 1. The molecule has 2 aromatic carbocycles. The minimum atomic E-state index is -0.461. The summed E-state index contributed by atoms with van der Waals surface area (Å²) >= 11 is 0. The second-order valence-electron chi connectivity index (χ2n) is 9.10. The number of rotatable bonds is 9. The van der Waals surface area contributed by atoms with Gasteiger partial charge >= 0.3 is 6.03 Å². The van der Waals surface area contributed by atoms with Crippen molar-refractivity contribution in [2.24, 2.45) is 0 Å². The van der Waals surface area contributed by atoms with Crippen molar-refractivity contribution in [1.82, 2.24) is 15.1 Å². The van der Waals surface area contributed by atoms with Crippen LogP contribution in [0.3, 0.4) is 0 Å². The maximum atomic E-state index is 13.5. The maximum Gasteiger partial charge on any atom is 0.318 e. The highest BCUT2D eigenvalue weighted by Crippen LogP contribution is 2.25. The molecule has 1 atom stereocenters. The zero-order valence-corrected chi connectivity index (χ0v) is 21.1. The molecule has 0 saturated carbocycles. The standard InChI is InChI=1S/C30H37N3O2/c1-5-24(20-19-23(3)4)22-32(6-2)29(34)27-18-13-21-33(27)30(35)31-28(25-14-9-7-10-15-25)26-16-11-8-12-17-26/h5,7-12,14-17,19-20,27-28H,1,6,13,18,21-22H2,2-4H3,(H,31,35)/b24-20+. The quantitative estimate of drug-likeness (QED) is 0.465. The minimum absolute atomic E-state index is 0.0129. The summed E-state index contributed by atoms with van der Waals surface area (Å²) in [5.74, 6) is -0.0129. The van der Waals surface area contributed by atoms with Crippen LogP contribution in [0.25, 0.3) is 0 Å². The van der Waals surface area contributed by atoms with Gasteiger partial charge < -0.3 is 15.1 Å². The molecule has 1 N–H and O–H groups in total. The van der Waals surface area contributed by atoms with Gasteiger partial charge in [-0.25, -0.2) is 4.79 Å². The van der Waals surface area contributed by atoms with Gasteiger partial charge in [0, 0.05) is 19.6 Å². The van der Waals surface area contributed by atoms with Gasteiger partial charge in [-0.1, -0.05) is 91.0 Å². The maximum absolute atomic E-state index is 13.5. The summed E-state index contributed by atoms with van der Waals surface area (Å²) in [6, 6.07) is 18.9. The number of nitrogens with one attached hydrogen (secondary N) is 1. The third kappa shape index (κ3) is 6.95. The molecule has 184 valence electrons. The second-order valence-corrected chi connectivity index (χ2v) is 9.10. The monoisotopic (exact) mass is 471 g/mol. The van der Waals surface area contributed by atoms with Crippen molar-refractivity contribution < 1.29 is 9.59 Å². The number of carbonyl (C=O) groups is 2. The topological polar surface area (TPSA) is 52.7 Å². The van der Waals surface area contributed by atoms with Gasteiger partial charge in [0.2, 0.25) is 5.91 Å². The first-order valence-electron chi connectivity index (χ1n) is 12.4. The van der Waals surface area contributed by atoms with Crippen LogP contribution in [-0.4, -0.2) is 47.4 Å². The molecule has 1 saturated heterocycles. The Labute approximate surface area is 209 Å². The van der Waals surface area contributed by atoms with Crippen LogP contribution >= 0.6 is 0 Å². The summed E-state index contributed by atoms with van der Waals surface area (Å²) in [5, 5.41) is 3.20. The van der Waals surface area contributed by atoms with Gasteiger partial charge in [-0.3, -0.25) is 4.79 Å². The van der Waals surface area contributed by atoms with Crippen LogP contribution in [0, 0.1) is 0 Å². The first kappa shape index (κ1) is 26.0. The van der Waals surface area contributed by atoms with Crippen molar-refractivity contribution in [1.29, 1.82) is 0 Å². The molecule has 2 aromatic rings. The smallest absolute Gasteiger partial charge is 0.318 e. The van der Waals surface area contributed by atoms with Gasteiger partial charge in [0.1, 0.15) is 6.04 Å². The van der Waals surface area contributed by atoms with E-state index in [4.69, 9.17) is 0 Å². The molecule has 3 amide bonds. The van der Waals surface area contributed by atoms with Crippen molar-refractivity contribution in [3.05, 3.63) is 108 Å². The summed E-state index contributed by atoms with van der Waals surface area (Å²) in [4.78, 5) is 30.5. The number of hydrogen-bond donors (Lipinski definition) is 1. The lowest BCUT2D eigenvalue weighted by atomic mass is 9.99. The summed E-state index contributed by atoms with van der Waals surface area (Å²) < 4.78 is 0. The number of benzene rings is 2. The highest BCUT2D eigenvalue weighted by Gasteiger charge is 2.37. The fourth-order valence-corrected chi connectivity index (χ4v) is 4.36. The fourth-order valence-electron chi connectivity index (χ4n) is 4.36. The van der Waals surface area contributed by atoms with E-state index in [-0.39, 0.29) is 18.0 Å². The van der Waals surface area contributed by atoms with Crippen LogP contribution in [0.1, 0.15) is 50.8 Å². The molecule has 0 bridgehead atoms. The van der Waals surface area contributed by atoms with Crippen LogP contribution < -0.4 is 5.32 Å². The number of amides is 3. The molecule has 1 fully saturated rings. The molecule has 0 aromatic heterocycles. The van der Waals surface area contributed by atoms with E-state index in [9.17, 15) is 9.59 Å². The van der Waals surface area contributed by atoms with Crippen LogP contribution in [0.15, 0.2) is 96.6 Å². The molecule has 0 aliphatic carbocycles. The van der Waals surface area contributed by atoms with E-state index in [2.05, 4.69) is 11.9 Å². The van der Waals surface area contributed by atoms with E-state index < -0.39 is 6.04 Å². The number of likely N-dealkylation sites (tertiary alicyclic amines) is 1. The van der Waals surface area contributed by atoms with Crippen LogP contribution in [0.2, 0.25) is 0 Å².